The highest BCUT2D eigenvalue weighted by molar-refractivity contribution is 4.83. The van der Waals surface area contributed by atoms with E-state index in [9.17, 15) is 0 Å². The fourth-order valence-corrected chi connectivity index (χ4v) is 0.732. The molecule has 0 unspecified atom stereocenters. The first-order valence-electron chi connectivity index (χ1n) is 3.07. The van der Waals surface area contributed by atoms with Crippen LogP contribution in [0.15, 0.2) is 30.6 Å². The SMILES string of the molecule is NCC[n+]1ccccc1. The van der Waals surface area contributed by atoms with Gasteiger partial charge in [-0.25, -0.2) is 4.57 Å². The number of nitrogens with two attached hydrogens (primary N) is 1. The minimum absolute atomic E-state index is 0.703. The Morgan fingerprint density at radius 3 is 2.33 bits per heavy atom. The van der Waals surface area contributed by atoms with Crippen LogP contribution in [0.5, 0.6) is 0 Å². The van der Waals surface area contributed by atoms with Gasteiger partial charge in [-0.3, -0.25) is 0 Å². The first kappa shape index (κ1) is 6.23. The summed E-state index contributed by atoms with van der Waals surface area (Å²) in [5.74, 6) is 0. The Bertz CT molecular complexity index is 160. The van der Waals surface area contributed by atoms with E-state index in [-0.39, 0.29) is 0 Å². The summed E-state index contributed by atoms with van der Waals surface area (Å²) >= 11 is 0. The molecule has 1 aromatic rings. The summed E-state index contributed by atoms with van der Waals surface area (Å²) < 4.78 is 2.06. The Kier molecular flexibility index (Phi) is 2.22. The molecule has 48 valence electrons. The van der Waals surface area contributed by atoms with Gasteiger partial charge in [0.25, 0.3) is 0 Å². The molecule has 0 atom stereocenters. The van der Waals surface area contributed by atoms with Gasteiger partial charge in [-0.1, -0.05) is 6.07 Å². The molecule has 0 aromatic carbocycles. The minimum Gasteiger partial charge on any atom is -0.325 e. The third kappa shape index (κ3) is 1.82. The van der Waals surface area contributed by atoms with Crippen LogP contribution in [-0.2, 0) is 6.54 Å². The van der Waals surface area contributed by atoms with E-state index in [4.69, 9.17) is 5.73 Å². The molecular weight excluding hydrogens is 112 g/mol. The molecule has 0 radical (unpaired) electrons. The molecule has 1 rings (SSSR count). The monoisotopic (exact) mass is 123 g/mol. The molecule has 0 aliphatic rings. The molecule has 1 heterocycles. The lowest BCUT2D eigenvalue weighted by atomic mass is 10.5. The molecule has 0 fully saturated rings. The molecule has 0 aliphatic heterocycles. The Morgan fingerprint density at radius 2 is 1.78 bits per heavy atom. The number of pyridine rings is 1. The standard InChI is InChI=1S/C7H11N2/c8-4-7-9-5-2-1-3-6-9/h1-3,5-6H,4,7-8H2/q+1. The number of rotatable bonds is 2. The fourth-order valence-electron chi connectivity index (χ4n) is 0.732. The average Bonchev–Trinajstić information content (AvgIpc) is 1.91. The van der Waals surface area contributed by atoms with Crippen LogP contribution in [0.4, 0.5) is 0 Å². The zero-order valence-electron chi connectivity index (χ0n) is 5.33. The van der Waals surface area contributed by atoms with Gasteiger partial charge in [0, 0.05) is 12.1 Å². The van der Waals surface area contributed by atoms with Crippen LogP contribution >= 0.6 is 0 Å². The minimum atomic E-state index is 0.703. The summed E-state index contributed by atoms with van der Waals surface area (Å²) in [6.07, 6.45) is 4.01. The van der Waals surface area contributed by atoms with Crippen molar-refractivity contribution in [1.82, 2.24) is 0 Å². The molecular formula is C7H11N2+. The van der Waals surface area contributed by atoms with Crippen LogP contribution in [0.2, 0.25) is 0 Å². The first-order valence-corrected chi connectivity index (χ1v) is 3.07. The van der Waals surface area contributed by atoms with Crippen LogP contribution in [-0.4, -0.2) is 6.54 Å². The third-order valence-corrected chi connectivity index (χ3v) is 1.16. The fraction of sp³-hybridized carbons (Fsp3) is 0.286. The predicted molar refractivity (Wildman–Crippen MR) is 35.7 cm³/mol. The largest absolute Gasteiger partial charge is 0.325 e. The van der Waals surface area contributed by atoms with Crippen LogP contribution in [0, 0.1) is 0 Å². The maximum absolute atomic E-state index is 5.34. The van der Waals surface area contributed by atoms with Crippen molar-refractivity contribution in [1.29, 1.82) is 0 Å². The molecule has 0 saturated carbocycles. The zero-order chi connectivity index (χ0) is 6.53. The molecule has 0 amide bonds. The molecule has 0 spiro atoms. The van der Waals surface area contributed by atoms with Gasteiger partial charge in [0.1, 0.15) is 0 Å². The van der Waals surface area contributed by atoms with Gasteiger partial charge in [-0.05, 0) is 0 Å². The van der Waals surface area contributed by atoms with Crippen LogP contribution in [0.25, 0.3) is 0 Å². The van der Waals surface area contributed by atoms with Gasteiger partial charge in [0.05, 0.1) is 6.54 Å². The number of nitrogens with zero attached hydrogens (tertiary/aromatic N) is 1. The van der Waals surface area contributed by atoms with Gasteiger partial charge in [0.15, 0.2) is 18.9 Å². The van der Waals surface area contributed by atoms with Gasteiger partial charge in [0.2, 0.25) is 0 Å². The van der Waals surface area contributed by atoms with Crippen molar-refractivity contribution in [2.24, 2.45) is 5.73 Å². The van der Waals surface area contributed by atoms with E-state index in [1.165, 1.54) is 0 Å². The quantitative estimate of drug-likeness (QED) is 0.548. The molecule has 9 heavy (non-hydrogen) atoms. The van der Waals surface area contributed by atoms with Crippen LogP contribution in [0.1, 0.15) is 0 Å². The van der Waals surface area contributed by atoms with Crippen molar-refractivity contribution in [2.45, 2.75) is 6.54 Å². The second kappa shape index (κ2) is 3.20. The van der Waals surface area contributed by atoms with Gasteiger partial charge < -0.3 is 5.73 Å². The molecule has 0 bridgehead atoms. The van der Waals surface area contributed by atoms with Crippen molar-refractivity contribution in [3.63, 3.8) is 0 Å². The highest BCUT2D eigenvalue weighted by Gasteiger charge is 1.90. The Balaban J connectivity index is 2.61. The Morgan fingerprint density at radius 1 is 1.11 bits per heavy atom. The highest BCUT2D eigenvalue weighted by Crippen LogP contribution is 1.74. The first-order chi connectivity index (χ1) is 4.43. The predicted octanol–water partition coefficient (Wildman–Crippen LogP) is -0.0672. The van der Waals surface area contributed by atoms with Crippen molar-refractivity contribution < 1.29 is 4.57 Å². The Hall–Kier alpha value is -0.890. The van der Waals surface area contributed by atoms with Crippen molar-refractivity contribution >= 4 is 0 Å². The van der Waals surface area contributed by atoms with Crippen molar-refractivity contribution in [3.05, 3.63) is 30.6 Å². The van der Waals surface area contributed by atoms with Crippen LogP contribution in [0.3, 0.4) is 0 Å². The van der Waals surface area contributed by atoms with E-state index >= 15 is 0 Å². The molecule has 2 nitrogen and oxygen atoms in total. The summed E-state index contributed by atoms with van der Waals surface area (Å²) in [6, 6.07) is 5.98. The number of hydrogen-bond acceptors (Lipinski definition) is 1. The summed E-state index contributed by atoms with van der Waals surface area (Å²) in [4.78, 5) is 0. The number of aromatic nitrogens is 1. The zero-order valence-corrected chi connectivity index (χ0v) is 5.33. The smallest absolute Gasteiger partial charge is 0.168 e. The normalized spacial score (nSPS) is 9.44. The Labute approximate surface area is 54.9 Å². The summed E-state index contributed by atoms with van der Waals surface area (Å²) in [7, 11) is 0. The maximum atomic E-state index is 5.34. The summed E-state index contributed by atoms with van der Waals surface area (Å²) in [5, 5.41) is 0. The van der Waals surface area contributed by atoms with Crippen molar-refractivity contribution in [2.75, 3.05) is 6.54 Å². The molecule has 0 saturated heterocycles. The topological polar surface area (TPSA) is 29.9 Å². The van der Waals surface area contributed by atoms with E-state index < -0.39 is 0 Å². The van der Waals surface area contributed by atoms with Crippen LogP contribution < -0.4 is 10.3 Å². The molecule has 1 aromatic heterocycles. The van der Waals surface area contributed by atoms with E-state index in [1.54, 1.807) is 0 Å². The third-order valence-electron chi connectivity index (χ3n) is 1.16. The lowest BCUT2D eigenvalue weighted by Crippen LogP contribution is -2.36. The van der Waals surface area contributed by atoms with Gasteiger partial charge >= 0.3 is 0 Å². The van der Waals surface area contributed by atoms with E-state index in [1.807, 2.05) is 30.6 Å². The lowest BCUT2D eigenvalue weighted by molar-refractivity contribution is -0.694. The van der Waals surface area contributed by atoms with Gasteiger partial charge in [-0.15, -0.1) is 0 Å². The lowest BCUT2D eigenvalue weighted by Gasteiger charge is -1.89. The second-order valence-electron chi connectivity index (χ2n) is 1.90. The molecule has 2 N–H and O–H groups in total. The summed E-state index contributed by atoms with van der Waals surface area (Å²) in [6.45, 7) is 1.61. The molecule has 2 heteroatoms. The van der Waals surface area contributed by atoms with Gasteiger partial charge in [-0.2, -0.15) is 0 Å². The van der Waals surface area contributed by atoms with E-state index in [0.717, 1.165) is 6.54 Å². The second-order valence-corrected chi connectivity index (χ2v) is 1.90. The van der Waals surface area contributed by atoms with E-state index in [2.05, 4.69) is 4.57 Å². The number of hydrogen-bond donors (Lipinski definition) is 1. The molecule has 0 aliphatic carbocycles. The maximum Gasteiger partial charge on any atom is 0.168 e. The average molecular weight is 123 g/mol. The van der Waals surface area contributed by atoms with E-state index in [0.29, 0.717) is 6.54 Å². The highest BCUT2D eigenvalue weighted by atomic mass is 14.9. The van der Waals surface area contributed by atoms with Crippen molar-refractivity contribution in [3.8, 4) is 0 Å². The summed E-state index contributed by atoms with van der Waals surface area (Å²) in [5.41, 5.74) is 5.34.